The highest BCUT2D eigenvalue weighted by atomic mass is 16.4. The molecule has 1 saturated carbocycles. The van der Waals surface area contributed by atoms with Gasteiger partial charge in [-0.15, -0.1) is 0 Å². The third kappa shape index (κ3) is 3.81. The van der Waals surface area contributed by atoms with Crippen molar-refractivity contribution in [2.24, 2.45) is 5.92 Å². The number of carboxylic acid groups (broad SMARTS) is 1. The van der Waals surface area contributed by atoms with E-state index < -0.39 is 12.0 Å². The molecule has 1 amide bonds. The van der Waals surface area contributed by atoms with Gasteiger partial charge in [-0.1, -0.05) is 0 Å². The van der Waals surface area contributed by atoms with Crippen molar-refractivity contribution >= 4 is 11.9 Å². The van der Waals surface area contributed by atoms with Gasteiger partial charge in [-0.25, -0.2) is 0 Å². The molecule has 5 heteroatoms. The van der Waals surface area contributed by atoms with Gasteiger partial charge in [0.15, 0.2) is 0 Å². The van der Waals surface area contributed by atoms with Crippen molar-refractivity contribution in [2.45, 2.75) is 38.8 Å². The predicted octanol–water partition coefficient (Wildman–Crippen LogP) is 0.306. The number of hydrogen-bond acceptors (Lipinski definition) is 3. The number of carbonyl (C=O) groups is 2. The molecule has 1 fully saturated rings. The Morgan fingerprint density at radius 3 is 2.38 bits per heavy atom. The summed E-state index contributed by atoms with van der Waals surface area (Å²) in [5.74, 6) is -0.735. The molecule has 0 heterocycles. The third-order valence-corrected chi connectivity index (χ3v) is 2.64. The molecule has 2 N–H and O–H groups in total. The van der Waals surface area contributed by atoms with Crippen LogP contribution in [0.25, 0.3) is 0 Å². The SMILES string of the molecule is CC(C)NC(=O)CN(C)C(C(=O)O)C1CC1. The minimum absolute atomic E-state index is 0.0881. The number of aliphatic carboxylic acids is 1. The molecule has 0 aromatic rings. The Morgan fingerprint density at radius 2 is 2.00 bits per heavy atom. The Hall–Kier alpha value is -1.10. The first-order chi connectivity index (χ1) is 7.41. The zero-order chi connectivity index (χ0) is 12.3. The van der Waals surface area contributed by atoms with Gasteiger partial charge in [-0.3, -0.25) is 14.5 Å². The molecule has 1 aliphatic rings. The van der Waals surface area contributed by atoms with Crippen molar-refractivity contribution < 1.29 is 14.7 Å². The van der Waals surface area contributed by atoms with Crippen molar-refractivity contribution in [3.8, 4) is 0 Å². The van der Waals surface area contributed by atoms with Crippen LogP contribution in [0, 0.1) is 5.92 Å². The highest BCUT2D eigenvalue weighted by molar-refractivity contribution is 5.80. The molecule has 1 aliphatic carbocycles. The molecule has 0 saturated heterocycles. The number of amides is 1. The minimum atomic E-state index is -0.831. The molecule has 0 aliphatic heterocycles. The number of nitrogens with zero attached hydrogens (tertiary/aromatic N) is 1. The zero-order valence-electron chi connectivity index (χ0n) is 10.1. The summed E-state index contributed by atoms with van der Waals surface area (Å²) in [7, 11) is 1.69. The van der Waals surface area contributed by atoms with E-state index in [-0.39, 0.29) is 24.4 Å². The average molecular weight is 228 g/mol. The molecule has 0 aromatic heterocycles. The quantitative estimate of drug-likeness (QED) is 0.686. The molecule has 1 unspecified atom stereocenters. The van der Waals surface area contributed by atoms with E-state index in [1.54, 1.807) is 11.9 Å². The number of rotatable bonds is 6. The van der Waals surface area contributed by atoms with Crippen LogP contribution in [0.5, 0.6) is 0 Å². The Kier molecular flexibility index (Phi) is 4.29. The molecular weight excluding hydrogens is 208 g/mol. The Balaban J connectivity index is 2.45. The van der Waals surface area contributed by atoms with E-state index in [0.717, 1.165) is 12.8 Å². The lowest BCUT2D eigenvalue weighted by molar-refractivity contribution is -0.144. The smallest absolute Gasteiger partial charge is 0.321 e. The Bertz CT molecular complexity index is 274. The van der Waals surface area contributed by atoms with E-state index in [9.17, 15) is 9.59 Å². The largest absolute Gasteiger partial charge is 0.480 e. The van der Waals surface area contributed by atoms with Crippen LogP contribution in [-0.2, 0) is 9.59 Å². The highest BCUT2D eigenvalue weighted by Crippen LogP contribution is 2.34. The van der Waals surface area contributed by atoms with Crippen molar-refractivity contribution in [3.05, 3.63) is 0 Å². The number of carbonyl (C=O) groups excluding carboxylic acids is 1. The molecule has 1 atom stereocenters. The van der Waals surface area contributed by atoms with Gasteiger partial charge in [0, 0.05) is 6.04 Å². The fourth-order valence-corrected chi connectivity index (χ4v) is 1.85. The van der Waals surface area contributed by atoms with Gasteiger partial charge < -0.3 is 10.4 Å². The lowest BCUT2D eigenvalue weighted by Gasteiger charge is -2.24. The minimum Gasteiger partial charge on any atom is -0.480 e. The van der Waals surface area contributed by atoms with Crippen LogP contribution in [0.1, 0.15) is 26.7 Å². The maximum absolute atomic E-state index is 11.5. The normalized spacial score (nSPS) is 17.6. The molecule has 16 heavy (non-hydrogen) atoms. The number of nitrogens with one attached hydrogen (secondary N) is 1. The van der Waals surface area contributed by atoms with Crippen LogP contribution in [0.3, 0.4) is 0 Å². The van der Waals surface area contributed by atoms with Crippen LogP contribution in [0.15, 0.2) is 0 Å². The molecule has 5 nitrogen and oxygen atoms in total. The monoisotopic (exact) mass is 228 g/mol. The number of carboxylic acids is 1. The fourth-order valence-electron chi connectivity index (χ4n) is 1.85. The summed E-state index contributed by atoms with van der Waals surface area (Å²) in [6, 6.07) is -0.428. The van der Waals surface area contributed by atoms with Crippen LogP contribution < -0.4 is 5.32 Å². The summed E-state index contributed by atoms with van der Waals surface area (Å²) in [5, 5.41) is 11.8. The summed E-state index contributed by atoms with van der Waals surface area (Å²) >= 11 is 0. The van der Waals surface area contributed by atoms with Gasteiger partial charge in [0.25, 0.3) is 0 Å². The van der Waals surface area contributed by atoms with Gasteiger partial charge in [0.1, 0.15) is 6.04 Å². The Morgan fingerprint density at radius 1 is 1.44 bits per heavy atom. The second kappa shape index (κ2) is 5.30. The summed E-state index contributed by atoms with van der Waals surface area (Å²) in [4.78, 5) is 24.2. The maximum atomic E-state index is 11.5. The van der Waals surface area contributed by atoms with E-state index >= 15 is 0 Å². The first kappa shape index (κ1) is 13.0. The Labute approximate surface area is 95.8 Å². The summed E-state index contributed by atoms with van der Waals surface area (Å²) in [6.45, 7) is 3.91. The second-order valence-electron chi connectivity index (χ2n) is 4.76. The van der Waals surface area contributed by atoms with Gasteiger partial charge >= 0.3 is 5.97 Å². The van der Waals surface area contributed by atoms with E-state index in [0.29, 0.717) is 0 Å². The molecule has 0 aromatic carbocycles. The lowest BCUT2D eigenvalue weighted by atomic mass is 10.1. The molecule has 0 spiro atoms. The lowest BCUT2D eigenvalue weighted by Crippen LogP contribution is -2.46. The van der Waals surface area contributed by atoms with Crippen LogP contribution in [0.2, 0.25) is 0 Å². The molecule has 0 bridgehead atoms. The van der Waals surface area contributed by atoms with Crippen molar-refractivity contribution in [3.63, 3.8) is 0 Å². The van der Waals surface area contributed by atoms with Crippen molar-refractivity contribution in [1.82, 2.24) is 10.2 Å². The first-order valence-electron chi connectivity index (χ1n) is 5.64. The van der Waals surface area contributed by atoms with Gasteiger partial charge in [-0.05, 0) is 39.7 Å². The topological polar surface area (TPSA) is 69.6 Å². The van der Waals surface area contributed by atoms with Gasteiger partial charge in [0.05, 0.1) is 6.54 Å². The summed E-state index contributed by atoms with van der Waals surface area (Å²) in [6.07, 6.45) is 1.90. The molecular formula is C11H20N2O3. The molecule has 0 radical (unpaired) electrons. The number of hydrogen-bond donors (Lipinski definition) is 2. The van der Waals surface area contributed by atoms with E-state index in [2.05, 4.69) is 5.32 Å². The second-order valence-corrected chi connectivity index (χ2v) is 4.76. The van der Waals surface area contributed by atoms with Crippen LogP contribution in [-0.4, -0.2) is 47.6 Å². The predicted molar refractivity (Wildman–Crippen MR) is 60.1 cm³/mol. The van der Waals surface area contributed by atoms with Crippen LogP contribution >= 0.6 is 0 Å². The van der Waals surface area contributed by atoms with E-state index in [1.807, 2.05) is 13.8 Å². The summed E-state index contributed by atoms with van der Waals surface area (Å²) < 4.78 is 0. The van der Waals surface area contributed by atoms with E-state index in [1.165, 1.54) is 0 Å². The maximum Gasteiger partial charge on any atom is 0.321 e. The highest BCUT2D eigenvalue weighted by Gasteiger charge is 2.39. The zero-order valence-corrected chi connectivity index (χ0v) is 10.1. The van der Waals surface area contributed by atoms with Gasteiger partial charge in [-0.2, -0.15) is 0 Å². The molecule has 1 rings (SSSR count). The molecule has 92 valence electrons. The average Bonchev–Trinajstić information content (AvgIpc) is 2.84. The summed E-state index contributed by atoms with van der Waals surface area (Å²) in [5.41, 5.74) is 0. The van der Waals surface area contributed by atoms with Gasteiger partial charge in [0.2, 0.25) is 5.91 Å². The van der Waals surface area contributed by atoms with Crippen molar-refractivity contribution in [2.75, 3.05) is 13.6 Å². The number of likely N-dealkylation sites (N-methyl/N-ethyl adjacent to an activating group) is 1. The van der Waals surface area contributed by atoms with E-state index in [4.69, 9.17) is 5.11 Å². The fraction of sp³-hybridized carbons (Fsp3) is 0.818. The third-order valence-electron chi connectivity index (χ3n) is 2.64. The first-order valence-corrected chi connectivity index (χ1v) is 5.64. The standard InChI is InChI=1S/C11H20N2O3/c1-7(2)12-9(14)6-13(3)10(11(15)16)8-4-5-8/h7-8,10H,4-6H2,1-3H3,(H,12,14)(H,15,16). The van der Waals surface area contributed by atoms with Crippen molar-refractivity contribution in [1.29, 1.82) is 0 Å². The van der Waals surface area contributed by atoms with Crippen LogP contribution in [0.4, 0.5) is 0 Å².